The molecule has 0 atom stereocenters. The molecule has 1 aliphatic rings. The van der Waals surface area contributed by atoms with Crippen LogP contribution in [0.2, 0.25) is 10.6 Å². The molecule has 0 amide bonds. The molecule has 0 spiro atoms. The molecule has 2 heteroatoms. The van der Waals surface area contributed by atoms with Gasteiger partial charge in [-0.25, -0.2) is 0 Å². The van der Waals surface area contributed by atoms with Crippen molar-refractivity contribution in [2.45, 2.75) is 29.8 Å². The van der Waals surface area contributed by atoms with Gasteiger partial charge in [0, 0.05) is 0 Å². The zero-order chi connectivity index (χ0) is 5.82. The molecule has 8 heavy (non-hydrogen) atoms. The average molecular weight is 128 g/mol. The van der Waals surface area contributed by atoms with E-state index in [1.165, 1.54) is 29.8 Å². The van der Waals surface area contributed by atoms with Crippen molar-refractivity contribution in [2.24, 2.45) is 0 Å². The van der Waals surface area contributed by atoms with Crippen molar-refractivity contribution in [2.75, 3.05) is 5.47 Å². The lowest BCUT2D eigenvalue weighted by atomic mass is 10.3. The molecule has 0 unspecified atom stereocenters. The molecule has 1 heterocycles. The molecule has 1 rings (SSSR count). The highest BCUT2D eigenvalue weighted by Gasteiger charge is 2.18. The normalized spacial score (nSPS) is 21.4. The summed E-state index contributed by atoms with van der Waals surface area (Å²) in [6.45, 7) is 0. The molecule has 0 radical (unpaired) electrons. The monoisotopic (exact) mass is 128 g/mol. The van der Waals surface area contributed by atoms with Crippen LogP contribution in [0.3, 0.4) is 0 Å². The number of aliphatic hydroxyl groups excluding tert-OH is 1. The van der Waals surface area contributed by atoms with Crippen molar-refractivity contribution in [1.29, 1.82) is 0 Å². The smallest absolute Gasteiger partial charge is 0.300 e. The second kappa shape index (κ2) is 3.50. The molecular formula is C6H13AlO. The van der Waals surface area contributed by atoms with Gasteiger partial charge in [0.25, 0.3) is 14.1 Å². The summed E-state index contributed by atoms with van der Waals surface area (Å²) >= 11 is -0.550. The van der Waals surface area contributed by atoms with Crippen molar-refractivity contribution in [1.82, 2.24) is 0 Å². The van der Waals surface area contributed by atoms with Crippen molar-refractivity contribution in [3.63, 3.8) is 0 Å². The Labute approximate surface area is 55.1 Å². The van der Waals surface area contributed by atoms with Gasteiger partial charge >= 0.3 is 0 Å². The Morgan fingerprint density at radius 2 is 1.75 bits per heavy atom. The van der Waals surface area contributed by atoms with Crippen LogP contribution < -0.4 is 0 Å². The summed E-state index contributed by atoms with van der Waals surface area (Å²) in [7, 11) is 0. The van der Waals surface area contributed by atoms with E-state index in [4.69, 9.17) is 5.11 Å². The van der Waals surface area contributed by atoms with Crippen LogP contribution in [0.15, 0.2) is 0 Å². The van der Waals surface area contributed by atoms with E-state index in [1.54, 1.807) is 0 Å². The van der Waals surface area contributed by atoms with E-state index < -0.39 is 14.1 Å². The lowest BCUT2D eigenvalue weighted by Gasteiger charge is -2.13. The Balaban J connectivity index is 2.13. The Kier molecular flexibility index (Phi) is 2.90. The van der Waals surface area contributed by atoms with Gasteiger partial charge in [-0.3, -0.25) is 0 Å². The minimum atomic E-state index is -0.550. The number of aliphatic hydroxyl groups is 1. The van der Waals surface area contributed by atoms with E-state index in [2.05, 4.69) is 0 Å². The first kappa shape index (κ1) is 6.61. The van der Waals surface area contributed by atoms with Gasteiger partial charge in [-0.05, 0) is 5.47 Å². The Morgan fingerprint density at radius 3 is 2.12 bits per heavy atom. The first-order valence-corrected chi connectivity index (χ1v) is 5.99. The van der Waals surface area contributed by atoms with Crippen LogP contribution >= 0.6 is 0 Å². The van der Waals surface area contributed by atoms with E-state index >= 15 is 0 Å². The molecule has 0 aromatic rings. The quantitative estimate of drug-likeness (QED) is 0.526. The van der Waals surface area contributed by atoms with E-state index in [-0.39, 0.29) is 0 Å². The standard InChI is InChI=1S/C5H10.CH3O.Al/c1-3-5-4-2;1-2;/h1-5H2;2H,1H2;. The van der Waals surface area contributed by atoms with E-state index in [0.29, 0.717) is 5.47 Å². The van der Waals surface area contributed by atoms with Crippen molar-refractivity contribution >= 4 is 14.1 Å². The SMILES string of the molecule is O[CH2][Al]1[CH2]CCC[CH2]1. The number of rotatable bonds is 1. The first-order chi connectivity index (χ1) is 3.93. The highest BCUT2D eigenvalue weighted by atomic mass is 27.2. The van der Waals surface area contributed by atoms with Crippen LogP contribution in [-0.2, 0) is 0 Å². The van der Waals surface area contributed by atoms with Gasteiger partial charge in [-0.1, -0.05) is 29.8 Å². The average Bonchev–Trinajstić information content (AvgIpc) is 1.90. The van der Waals surface area contributed by atoms with Crippen LogP contribution in [0.5, 0.6) is 0 Å². The maximum absolute atomic E-state index is 8.75. The summed E-state index contributed by atoms with van der Waals surface area (Å²) in [4.78, 5) is 0. The summed E-state index contributed by atoms with van der Waals surface area (Å²) in [6, 6.07) is 0. The van der Waals surface area contributed by atoms with Gasteiger partial charge in [0.2, 0.25) is 0 Å². The highest BCUT2D eigenvalue weighted by Crippen LogP contribution is 2.17. The van der Waals surface area contributed by atoms with E-state index in [1.807, 2.05) is 0 Å². The van der Waals surface area contributed by atoms with Gasteiger partial charge in [-0.2, -0.15) is 0 Å². The predicted molar refractivity (Wildman–Crippen MR) is 36.3 cm³/mol. The molecule has 1 saturated heterocycles. The fourth-order valence-corrected chi connectivity index (χ4v) is 3.76. The lowest BCUT2D eigenvalue weighted by Crippen LogP contribution is -2.20. The second-order valence-electron chi connectivity index (χ2n) is 2.69. The van der Waals surface area contributed by atoms with Crippen molar-refractivity contribution in [3.05, 3.63) is 0 Å². The van der Waals surface area contributed by atoms with Gasteiger partial charge in [-0.15, -0.1) is 0 Å². The van der Waals surface area contributed by atoms with Gasteiger partial charge in [0.1, 0.15) is 0 Å². The zero-order valence-electron chi connectivity index (χ0n) is 5.27. The third-order valence-electron chi connectivity index (χ3n) is 1.98. The predicted octanol–water partition coefficient (Wildman–Crippen LogP) is 1.20. The van der Waals surface area contributed by atoms with Crippen molar-refractivity contribution in [3.8, 4) is 0 Å². The van der Waals surface area contributed by atoms with Gasteiger partial charge in [0.05, 0.1) is 0 Å². The molecule has 0 aromatic carbocycles. The summed E-state index contributed by atoms with van der Waals surface area (Å²) in [5.74, 6) is 0. The minimum Gasteiger partial charge on any atom is -0.411 e. The molecule has 1 N–H and O–H groups in total. The molecule has 0 aliphatic carbocycles. The molecule has 1 nitrogen and oxygen atoms in total. The summed E-state index contributed by atoms with van der Waals surface area (Å²) in [5, 5.41) is 11.6. The molecule has 1 aliphatic heterocycles. The van der Waals surface area contributed by atoms with Crippen LogP contribution in [0.1, 0.15) is 19.3 Å². The summed E-state index contributed by atoms with van der Waals surface area (Å²) in [5.41, 5.74) is 0.556. The minimum absolute atomic E-state index is 0.550. The Bertz CT molecular complexity index is 59.5. The molecule has 0 aromatic heterocycles. The third-order valence-corrected chi connectivity index (χ3v) is 4.95. The van der Waals surface area contributed by atoms with E-state index in [9.17, 15) is 0 Å². The van der Waals surface area contributed by atoms with Crippen LogP contribution in [0.25, 0.3) is 0 Å². The lowest BCUT2D eigenvalue weighted by molar-refractivity contribution is 0.359. The topological polar surface area (TPSA) is 20.2 Å². The fourth-order valence-electron chi connectivity index (χ4n) is 1.37. The van der Waals surface area contributed by atoms with Crippen LogP contribution in [-0.4, -0.2) is 24.7 Å². The largest absolute Gasteiger partial charge is 0.411 e. The molecule has 0 saturated carbocycles. The Hall–Kier alpha value is 0.492. The summed E-state index contributed by atoms with van der Waals surface area (Å²) < 4.78 is 0. The van der Waals surface area contributed by atoms with Crippen LogP contribution in [0.4, 0.5) is 0 Å². The van der Waals surface area contributed by atoms with Gasteiger partial charge in [0.15, 0.2) is 0 Å². The van der Waals surface area contributed by atoms with Gasteiger partial charge < -0.3 is 5.11 Å². The number of hydrogen-bond donors (Lipinski definition) is 1. The maximum atomic E-state index is 8.75. The highest BCUT2D eigenvalue weighted by molar-refractivity contribution is 6.58. The molecule has 0 bridgehead atoms. The fraction of sp³-hybridized carbons (Fsp3) is 1.00. The molecular weight excluding hydrogens is 115 g/mol. The first-order valence-electron chi connectivity index (χ1n) is 3.54. The second-order valence-corrected chi connectivity index (χ2v) is 5.94. The van der Waals surface area contributed by atoms with E-state index in [0.717, 1.165) is 0 Å². The summed E-state index contributed by atoms with van der Waals surface area (Å²) in [6.07, 6.45) is 4.22. The third kappa shape index (κ3) is 1.78. The Morgan fingerprint density at radius 1 is 1.12 bits per heavy atom. The zero-order valence-corrected chi connectivity index (χ0v) is 6.42. The molecule has 1 fully saturated rings. The number of hydrogen-bond acceptors (Lipinski definition) is 1. The molecule has 46 valence electrons. The maximum Gasteiger partial charge on any atom is 0.300 e. The van der Waals surface area contributed by atoms with Crippen molar-refractivity contribution < 1.29 is 5.11 Å². The van der Waals surface area contributed by atoms with Crippen LogP contribution in [0, 0.1) is 0 Å².